The standard InChI is InChI=1S/C16H28N4O2.C9H10O2/c1-5-8-15(21)12(6-2)13(17)11-14(16(18)19)20(7-3)9-10-22-4;1-7-5-3-4-6-8(7)9(10)11-2/h5-6,8,11,21H,1,7,9-10,17-19H2,2-4H3;3-6H,1-2H3/b12-6-,13-11-,15-8+;. The number of ether oxygens (including phenoxy) is 2. The van der Waals surface area contributed by atoms with E-state index in [2.05, 4.69) is 11.3 Å². The second kappa shape index (κ2) is 16.0. The Labute approximate surface area is 197 Å². The molecule has 0 radical (unpaired) electrons. The average molecular weight is 459 g/mol. The van der Waals surface area contributed by atoms with Crippen LogP contribution in [0.3, 0.4) is 0 Å². The van der Waals surface area contributed by atoms with Gasteiger partial charge in [-0.3, -0.25) is 0 Å². The Morgan fingerprint density at radius 2 is 1.85 bits per heavy atom. The number of nitrogens with two attached hydrogens (primary N) is 3. The number of allylic oxidation sites excluding steroid dienone is 4. The zero-order valence-corrected chi connectivity index (χ0v) is 20.3. The molecule has 0 spiro atoms. The molecule has 8 heteroatoms. The van der Waals surface area contributed by atoms with E-state index in [1.54, 1.807) is 32.3 Å². The first-order valence-electron chi connectivity index (χ1n) is 10.5. The lowest BCUT2D eigenvalue weighted by molar-refractivity contribution is 0.0600. The fraction of sp³-hybridized carbons (Fsp3) is 0.320. The first-order chi connectivity index (χ1) is 15.7. The minimum Gasteiger partial charge on any atom is -0.507 e. The zero-order valence-electron chi connectivity index (χ0n) is 20.3. The molecule has 1 rings (SSSR count). The summed E-state index contributed by atoms with van der Waals surface area (Å²) in [6.45, 7) is 11.0. The minimum absolute atomic E-state index is 0.0288. The Hall–Kier alpha value is -3.65. The van der Waals surface area contributed by atoms with Gasteiger partial charge in [0, 0.05) is 31.5 Å². The number of carbonyl (C=O) groups is 1. The van der Waals surface area contributed by atoms with Gasteiger partial charge in [-0.2, -0.15) is 0 Å². The van der Waals surface area contributed by atoms with Crippen molar-refractivity contribution >= 4 is 5.97 Å². The fourth-order valence-electron chi connectivity index (χ4n) is 2.81. The maximum Gasteiger partial charge on any atom is 0.338 e. The quantitative estimate of drug-likeness (QED) is 0.238. The molecule has 182 valence electrons. The predicted octanol–water partition coefficient (Wildman–Crippen LogP) is 3.24. The molecular formula is C25H38N4O4. The van der Waals surface area contributed by atoms with Gasteiger partial charge in [0.05, 0.1) is 25.0 Å². The number of aliphatic hydroxyl groups is 1. The summed E-state index contributed by atoms with van der Waals surface area (Å²) in [5, 5.41) is 9.96. The Kier molecular flexibility index (Phi) is 14.3. The summed E-state index contributed by atoms with van der Waals surface area (Å²) in [5.74, 6) is -0.0900. The van der Waals surface area contributed by atoms with Crippen LogP contribution >= 0.6 is 0 Å². The van der Waals surface area contributed by atoms with Crippen molar-refractivity contribution in [3.05, 3.63) is 94.8 Å². The summed E-state index contributed by atoms with van der Waals surface area (Å²) < 4.78 is 9.66. The van der Waals surface area contributed by atoms with Crippen LogP contribution in [0.1, 0.15) is 29.8 Å². The number of esters is 1. The van der Waals surface area contributed by atoms with E-state index in [9.17, 15) is 9.90 Å². The highest BCUT2D eigenvalue weighted by Crippen LogP contribution is 2.17. The van der Waals surface area contributed by atoms with Crippen LogP contribution in [0.15, 0.2) is 83.7 Å². The van der Waals surface area contributed by atoms with Crippen molar-refractivity contribution < 1.29 is 19.4 Å². The Morgan fingerprint density at radius 3 is 2.30 bits per heavy atom. The highest BCUT2D eigenvalue weighted by atomic mass is 16.5. The van der Waals surface area contributed by atoms with E-state index in [1.165, 1.54) is 19.3 Å². The van der Waals surface area contributed by atoms with Gasteiger partial charge in [0.15, 0.2) is 0 Å². The van der Waals surface area contributed by atoms with E-state index in [0.717, 1.165) is 5.56 Å². The van der Waals surface area contributed by atoms with Gasteiger partial charge in [0.1, 0.15) is 11.6 Å². The van der Waals surface area contributed by atoms with Gasteiger partial charge >= 0.3 is 5.97 Å². The minimum atomic E-state index is -0.275. The summed E-state index contributed by atoms with van der Waals surface area (Å²) in [6.07, 6.45) is 6.30. The number of likely N-dealkylation sites (N-methyl/N-ethyl adjacent to an activating group) is 1. The first kappa shape index (κ1) is 29.4. The van der Waals surface area contributed by atoms with E-state index in [-0.39, 0.29) is 17.5 Å². The third kappa shape index (κ3) is 10.0. The number of benzene rings is 1. The molecule has 8 nitrogen and oxygen atoms in total. The molecule has 0 amide bonds. The molecule has 0 atom stereocenters. The van der Waals surface area contributed by atoms with Crippen molar-refractivity contribution in [1.82, 2.24) is 4.90 Å². The van der Waals surface area contributed by atoms with E-state index in [4.69, 9.17) is 21.9 Å². The van der Waals surface area contributed by atoms with Crippen LogP contribution in [0, 0.1) is 6.92 Å². The Morgan fingerprint density at radius 1 is 1.21 bits per heavy atom. The third-order valence-corrected chi connectivity index (χ3v) is 4.58. The highest BCUT2D eigenvalue weighted by Gasteiger charge is 2.12. The lowest BCUT2D eigenvalue weighted by Crippen LogP contribution is -2.31. The Bertz CT molecular complexity index is 897. The van der Waals surface area contributed by atoms with Gasteiger partial charge in [0.2, 0.25) is 0 Å². The van der Waals surface area contributed by atoms with Crippen LogP contribution in [0.25, 0.3) is 0 Å². The van der Waals surface area contributed by atoms with Crippen LogP contribution in [0.4, 0.5) is 0 Å². The highest BCUT2D eigenvalue weighted by molar-refractivity contribution is 5.90. The number of hydrogen-bond donors (Lipinski definition) is 4. The Balaban J connectivity index is 0.000000771. The lowest BCUT2D eigenvalue weighted by Gasteiger charge is -2.25. The van der Waals surface area contributed by atoms with E-state index in [0.29, 0.717) is 42.2 Å². The van der Waals surface area contributed by atoms with Crippen LogP contribution < -0.4 is 17.2 Å². The number of nitrogens with zero attached hydrogens (tertiary/aromatic N) is 1. The lowest BCUT2D eigenvalue weighted by atomic mass is 10.1. The van der Waals surface area contributed by atoms with Gasteiger partial charge in [-0.25, -0.2) is 4.79 Å². The molecule has 0 aromatic heterocycles. The molecule has 0 saturated carbocycles. The van der Waals surface area contributed by atoms with Crippen molar-refractivity contribution in [3.63, 3.8) is 0 Å². The van der Waals surface area contributed by atoms with Crippen molar-refractivity contribution in [3.8, 4) is 0 Å². The molecule has 0 unspecified atom stereocenters. The van der Waals surface area contributed by atoms with Gasteiger partial charge in [-0.15, -0.1) is 0 Å². The largest absolute Gasteiger partial charge is 0.507 e. The van der Waals surface area contributed by atoms with Gasteiger partial charge in [0.25, 0.3) is 0 Å². The molecule has 0 aliphatic rings. The van der Waals surface area contributed by atoms with Crippen LogP contribution in [0.5, 0.6) is 0 Å². The topological polar surface area (TPSA) is 137 Å². The fourth-order valence-corrected chi connectivity index (χ4v) is 2.81. The maximum absolute atomic E-state index is 11.0. The maximum atomic E-state index is 11.0. The number of aliphatic hydroxyl groups excluding tert-OH is 1. The molecule has 0 aliphatic heterocycles. The number of hydrogen-bond acceptors (Lipinski definition) is 8. The van der Waals surface area contributed by atoms with Crippen molar-refractivity contribution in [2.75, 3.05) is 33.9 Å². The van der Waals surface area contributed by atoms with Crippen molar-refractivity contribution in [2.45, 2.75) is 20.8 Å². The number of rotatable bonds is 10. The van der Waals surface area contributed by atoms with Crippen molar-refractivity contribution in [2.24, 2.45) is 17.2 Å². The summed E-state index contributed by atoms with van der Waals surface area (Å²) in [5.41, 5.74) is 20.6. The second-order valence-electron chi connectivity index (χ2n) is 6.81. The van der Waals surface area contributed by atoms with Crippen LogP contribution in [0.2, 0.25) is 0 Å². The molecule has 0 fully saturated rings. The molecule has 1 aromatic rings. The van der Waals surface area contributed by atoms with Crippen LogP contribution in [-0.2, 0) is 9.47 Å². The molecular weight excluding hydrogens is 420 g/mol. The second-order valence-corrected chi connectivity index (χ2v) is 6.81. The summed E-state index contributed by atoms with van der Waals surface area (Å²) in [7, 11) is 3.01. The molecule has 1 aromatic carbocycles. The monoisotopic (exact) mass is 458 g/mol. The van der Waals surface area contributed by atoms with E-state index >= 15 is 0 Å². The molecule has 0 bridgehead atoms. The number of carbonyl (C=O) groups excluding carboxylic acids is 1. The first-order valence-corrected chi connectivity index (χ1v) is 10.5. The molecule has 7 N–H and O–H groups in total. The van der Waals surface area contributed by atoms with E-state index in [1.807, 2.05) is 36.9 Å². The number of aryl methyl sites for hydroxylation is 1. The molecule has 33 heavy (non-hydrogen) atoms. The molecule has 0 heterocycles. The van der Waals surface area contributed by atoms with Gasteiger partial charge < -0.3 is 36.7 Å². The number of methoxy groups -OCH3 is 2. The average Bonchev–Trinajstić information content (AvgIpc) is 2.79. The van der Waals surface area contributed by atoms with E-state index < -0.39 is 0 Å². The molecule has 0 aliphatic carbocycles. The normalized spacial score (nSPS) is 11.7. The summed E-state index contributed by atoms with van der Waals surface area (Å²) >= 11 is 0. The summed E-state index contributed by atoms with van der Waals surface area (Å²) in [4.78, 5) is 13.0. The van der Waals surface area contributed by atoms with Crippen LogP contribution in [-0.4, -0.2) is 49.9 Å². The van der Waals surface area contributed by atoms with Gasteiger partial charge in [-0.05, 0) is 44.6 Å². The predicted molar refractivity (Wildman–Crippen MR) is 134 cm³/mol. The third-order valence-electron chi connectivity index (χ3n) is 4.58. The van der Waals surface area contributed by atoms with Gasteiger partial charge in [-0.1, -0.05) is 36.9 Å². The summed E-state index contributed by atoms with van der Waals surface area (Å²) in [6, 6.07) is 7.34. The van der Waals surface area contributed by atoms with Crippen molar-refractivity contribution in [1.29, 1.82) is 0 Å². The zero-order chi connectivity index (χ0) is 25.4. The SMILES string of the molecule is C=C\C=C(O)/C(=C\C)C(/N)=C/C(=C(N)N)N(CC)CCOC.COC(=O)c1ccccc1C. The smallest absolute Gasteiger partial charge is 0.338 e. The molecule has 0 saturated heterocycles.